The van der Waals surface area contributed by atoms with Crippen molar-refractivity contribution in [2.24, 2.45) is 0 Å². The summed E-state index contributed by atoms with van der Waals surface area (Å²) in [5.74, 6) is -1.16. The highest BCUT2D eigenvalue weighted by Gasteiger charge is 2.27. The number of esters is 1. The topological polar surface area (TPSA) is 75.6 Å². The molecule has 1 aliphatic rings. The molecule has 6 heteroatoms. The molecule has 0 saturated carbocycles. The van der Waals surface area contributed by atoms with E-state index in [0.29, 0.717) is 18.7 Å². The third-order valence-electron chi connectivity index (χ3n) is 3.03. The fraction of sp³-hybridized carbons (Fsp3) is 0.538. The van der Waals surface area contributed by atoms with Crippen LogP contribution in [0.4, 0.5) is 5.00 Å². The molecule has 5 nitrogen and oxygen atoms in total. The average Bonchev–Trinajstić information content (AvgIpc) is 2.88. The number of rotatable bonds is 6. The Morgan fingerprint density at radius 2 is 2.21 bits per heavy atom. The first-order valence-corrected chi connectivity index (χ1v) is 7.22. The fourth-order valence-electron chi connectivity index (χ4n) is 2.23. The molecule has 1 aromatic rings. The van der Waals surface area contributed by atoms with E-state index in [1.54, 1.807) is 18.3 Å². The number of anilines is 1. The van der Waals surface area contributed by atoms with E-state index in [-0.39, 0.29) is 12.4 Å². The van der Waals surface area contributed by atoms with Crippen LogP contribution in [0.3, 0.4) is 0 Å². The van der Waals surface area contributed by atoms with Crippen LogP contribution in [0, 0.1) is 0 Å². The van der Waals surface area contributed by atoms with Gasteiger partial charge in [0.25, 0.3) is 0 Å². The fourth-order valence-corrected chi connectivity index (χ4v) is 3.53. The molecule has 0 radical (unpaired) electrons. The normalized spacial score (nSPS) is 13.1. The molecule has 0 aliphatic heterocycles. The first kappa shape index (κ1) is 13.9. The predicted octanol–water partition coefficient (Wildman–Crippen LogP) is 2.30. The standard InChI is InChI=1S/C13H17NO4S/c1-2-18-13(17)11-8-4-3-5-9(8)19-12(11)14-7-6-10(15)16/h14H,2-7H2,1H3,(H,15,16). The van der Waals surface area contributed by atoms with Gasteiger partial charge in [-0.25, -0.2) is 4.79 Å². The van der Waals surface area contributed by atoms with Gasteiger partial charge in [0, 0.05) is 11.4 Å². The number of carboxylic acids is 1. The number of carbonyl (C=O) groups excluding carboxylic acids is 1. The van der Waals surface area contributed by atoms with Crippen LogP contribution >= 0.6 is 11.3 Å². The molecule has 1 heterocycles. The maximum absolute atomic E-state index is 12.0. The van der Waals surface area contributed by atoms with Crippen LogP contribution in [0.2, 0.25) is 0 Å². The van der Waals surface area contributed by atoms with Gasteiger partial charge < -0.3 is 15.2 Å². The smallest absolute Gasteiger partial charge is 0.341 e. The lowest BCUT2D eigenvalue weighted by atomic mass is 10.1. The second kappa shape index (κ2) is 6.06. The van der Waals surface area contributed by atoms with Crippen molar-refractivity contribution in [1.82, 2.24) is 0 Å². The van der Waals surface area contributed by atoms with Gasteiger partial charge in [-0.1, -0.05) is 0 Å². The summed E-state index contributed by atoms with van der Waals surface area (Å²) in [5.41, 5.74) is 1.70. The molecule has 1 aliphatic carbocycles. The molecule has 1 aromatic heterocycles. The van der Waals surface area contributed by atoms with Gasteiger partial charge in [0.05, 0.1) is 18.6 Å². The van der Waals surface area contributed by atoms with E-state index in [1.165, 1.54) is 4.88 Å². The minimum atomic E-state index is -0.853. The van der Waals surface area contributed by atoms with Crippen LogP contribution in [-0.4, -0.2) is 30.2 Å². The molecule has 2 N–H and O–H groups in total. The van der Waals surface area contributed by atoms with Crippen LogP contribution in [0.15, 0.2) is 0 Å². The van der Waals surface area contributed by atoms with Gasteiger partial charge in [0.2, 0.25) is 0 Å². The van der Waals surface area contributed by atoms with Crippen LogP contribution in [-0.2, 0) is 22.4 Å². The SMILES string of the molecule is CCOC(=O)c1c(NCCC(=O)O)sc2c1CCC2. The van der Waals surface area contributed by atoms with Crippen molar-refractivity contribution in [2.75, 3.05) is 18.5 Å². The largest absolute Gasteiger partial charge is 0.481 e. The lowest BCUT2D eigenvalue weighted by molar-refractivity contribution is -0.136. The van der Waals surface area contributed by atoms with Gasteiger partial charge in [-0.05, 0) is 31.7 Å². The number of carbonyl (C=O) groups is 2. The molecule has 0 atom stereocenters. The zero-order valence-corrected chi connectivity index (χ0v) is 11.6. The number of carboxylic acid groups (broad SMARTS) is 1. The quantitative estimate of drug-likeness (QED) is 0.783. The third kappa shape index (κ3) is 3.07. The Labute approximate surface area is 115 Å². The maximum Gasteiger partial charge on any atom is 0.341 e. The first-order chi connectivity index (χ1) is 9.13. The van der Waals surface area contributed by atoms with Gasteiger partial charge in [-0.2, -0.15) is 0 Å². The number of ether oxygens (including phenoxy) is 1. The van der Waals surface area contributed by atoms with Crippen molar-refractivity contribution in [3.05, 3.63) is 16.0 Å². The Morgan fingerprint density at radius 3 is 2.89 bits per heavy atom. The number of nitrogens with one attached hydrogen (secondary N) is 1. The molecule has 0 fully saturated rings. The van der Waals surface area contributed by atoms with Crippen LogP contribution in [0.5, 0.6) is 0 Å². The molecular weight excluding hydrogens is 266 g/mol. The Balaban J connectivity index is 2.17. The summed E-state index contributed by atoms with van der Waals surface area (Å²) in [4.78, 5) is 23.8. The van der Waals surface area contributed by atoms with Gasteiger partial charge in [0.15, 0.2) is 0 Å². The van der Waals surface area contributed by atoms with E-state index in [2.05, 4.69) is 5.32 Å². The number of aliphatic carboxylic acids is 1. The zero-order valence-electron chi connectivity index (χ0n) is 10.8. The highest BCUT2D eigenvalue weighted by atomic mass is 32.1. The van der Waals surface area contributed by atoms with E-state index < -0.39 is 5.97 Å². The van der Waals surface area contributed by atoms with Gasteiger partial charge in [-0.3, -0.25) is 4.79 Å². The minimum Gasteiger partial charge on any atom is -0.481 e. The molecule has 0 aromatic carbocycles. The van der Waals surface area contributed by atoms with Crippen molar-refractivity contribution in [3.63, 3.8) is 0 Å². The number of aryl methyl sites for hydroxylation is 1. The average molecular weight is 283 g/mol. The molecule has 0 amide bonds. The number of hydrogen-bond acceptors (Lipinski definition) is 5. The predicted molar refractivity (Wildman–Crippen MR) is 73.0 cm³/mol. The molecule has 0 saturated heterocycles. The second-order valence-electron chi connectivity index (χ2n) is 4.35. The van der Waals surface area contributed by atoms with E-state index in [1.807, 2.05) is 0 Å². The summed E-state index contributed by atoms with van der Waals surface area (Å²) in [7, 11) is 0. The zero-order chi connectivity index (χ0) is 13.8. The number of fused-ring (bicyclic) bond motifs is 1. The van der Waals surface area contributed by atoms with E-state index >= 15 is 0 Å². The number of hydrogen-bond donors (Lipinski definition) is 2. The second-order valence-corrected chi connectivity index (χ2v) is 5.46. The van der Waals surface area contributed by atoms with E-state index in [0.717, 1.165) is 29.8 Å². The summed E-state index contributed by atoms with van der Waals surface area (Å²) in [6.07, 6.45) is 3.00. The van der Waals surface area contributed by atoms with Gasteiger partial charge in [-0.15, -0.1) is 11.3 Å². The van der Waals surface area contributed by atoms with Crippen molar-refractivity contribution >= 4 is 28.3 Å². The monoisotopic (exact) mass is 283 g/mol. The van der Waals surface area contributed by atoms with Crippen LogP contribution in [0.25, 0.3) is 0 Å². The minimum absolute atomic E-state index is 0.0326. The summed E-state index contributed by atoms with van der Waals surface area (Å²) in [6.45, 7) is 2.45. The van der Waals surface area contributed by atoms with Crippen molar-refractivity contribution in [1.29, 1.82) is 0 Å². The van der Waals surface area contributed by atoms with E-state index in [9.17, 15) is 9.59 Å². The van der Waals surface area contributed by atoms with E-state index in [4.69, 9.17) is 9.84 Å². The highest BCUT2D eigenvalue weighted by Crippen LogP contribution is 2.39. The van der Waals surface area contributed by atoms with Gasteiger partial charge >= 0.3 is 11.9 Å². The van der Waals surface area contributed by atoms with Crippen LogP contribution in [0.1, 0.15) is 40.6 Å². The molecule has 19 heavy (non-hydrogen) atoms. The number of thiophene rings is 1. The van der Waals surface area contributed by atoms with Crippen LogP contribution < -0.4 is 5.32 Å². The molecule has 2 rings (SSSR count). The lowest BCUT2D eigenvalue weighted by Crippen LogP contribution is -2.12. The molecule has 0 spiro atoms. The summed E-state index contributed by atoms with van der Waals surface area (Å²) < 4.78 is 5.09. The maximum atomic E-state index is 12.0. The molecular formula is C13H17NO4S. The highest BCUT2D eigenvalue weighted by molar-refractivity contribution is 7.16. The Bertz CT molecular complexity index is 495. The molecule has 104 valence electrons. The summed E-state index contributed by atoms with van der Waals surface area (Å²) >= 11 is 1.55. The Kier molecular flexibility index (Phi) is 4.42. The lowest BCUT2D eigenvalue weighted by Gasteiger charge is -2.07. The Hall–Kier alpha value is -1.56. The molecule has 0 bridgehead atoms. The molecule has 0 unspecified atom stereocenters. The summed E-state index contributed by atoms with van der Waals surface area (Å²) in [6, 6.07) is 0. The van der Waals surface area contributed by atoms with Crippen molar-refractivity contribution in [2.45, 2.75) is 32.6 Å². The Morgan fingerprint density at radius 1 is 1.42 bits per heavy atom. The van der Waals surface area contributed by atoms with Crippen molar-refractivity contribution in [3.8, 4) is 0 Å². The first-order valence-electron chi connectivity index (χ1n) is 6.40. The summed E-state index contributed by atoms with van der Waals surface area (Å²) in [5, 5.41) is 12.4. The van der Waals surface area contributed by atoms with Gasteiger partial charge in [0.1, 0.15) is 5.00 Å². The third-order valence-corrected chi connectivity index (χ3v) is 4.27. The van der Waals surface area contributed by atoms with Crippen molar-refractivity contribution < 1.29 is 19.4 Å².